The van der Waals surface area contributed by atoms with Crippen molar-refractivity contribution in [1.29, 1.82) is 0 Å². The maximum atomic E-state index is 13.1. The Morgan fingerprint density at radius 1 is 1.25 bits per heavy atom. The van der Waals surface area contributed by atoms with Crippen LogP contribution in [0.3, 0.4) is 0 Å². The predicted octanol–water partition coefficient (Wildman–Crippen LogP) is 2.25. The molecule has 0 aliphatic carbocycles. The highest BCUT2D eigenvalue weighted by atomic mass is 16.3. The van der Waals surface area contributed by atoms with Crippen molar-refractivity contribution in [3.63, 3.8) is 0 Å². The van der Waals surface area contributed by atoms with Crippen LogP contribution < -0.4 is 16.0 Å². The third kappa shape index (κ3) is 4.59. The molecule has 0 unspecified atom stereocenters. The van der Waals surface area contributed by atoms with Gasteiger partial charge in [0.05, 0.1) is 18.3 Å². The number of nitrogen functional groups attached to an aromatic ring is 1. The van der Waals surface area contributed by atoms with E-state index in [-0.39, 0.29) is 30.9 Å². The third-order valence-electron chi connectivity index (χ3n) is 7.11. The van der Waals surface area contributed by atoms with Crippen LogP contribution in [0.2, 0.25) is 0 Å². The van der Waals surface area contributed by atoms with E-state index in [0.717, 1.165) is 12.8 Å². The Morgan fingerprint density at radius 2 is 1.97 bits per heavy atom. The van der Waals surface area contributed by atoms with Crippen LogP contribution >= 0.6 is 0 Å². The normalized spacial score (nSPS) is 22.2. The van der Waals surface area contributed by atoms with Crippen LogP contribution in [0.4, 0.5) is 17.1 Å². The summed E-state index contributed by atoms with van der Waals surface area (Å²) in [6.07, 6.45) is 5.10. The lowest BCUT2D eigenvalue weighted by molar-refractivity contribution is -0.139. The van der Waals surface area contributed by atoms with Gasteiger partial charge in [-0.2, -0.15) is 0 Å². The summed E-state index contributed by atoms with van der Waals surface area (Å²) in [6, 6.07) is 11.3. The Hall–Kier alpha value is -3.69. The van der Waals surface area contributed by atoms with Crippen LogP contribution in [0, 0.1) is 5.92 Å². The van der Waals surface area contributed by atoms with E-state index < -0.39 is 17.4 Å². The molecule has 3 amide bonds. The first-order valence-electron chi connectivity index (χ1n) is 12.1. The van der Waals surface area contributed by atoms with Crippen LogP contribution in [0.5, 0.6) is 0 Å². The molecule has 0 saturated carbocycles. The van der Waals surface area contributed by atoms with Gasteiger partial charge in [-0.3, -0.25) is 14.4 Å². The van der Waals surface area contributed by atoms with Crippen LogP contribution in [-0.4, -0.2) is 59.1 Å². The number of amides is 3. The summed E-state index contributed by atoms with van der Waals surface area (Å²) in [4.78, 5) is 41.4. The van der Waals surface area contributed by atoms with Gasteiger partial charge in [0, 0.05) is 48.4 Å². The maximum Gasteiger partial charge on any atom is 0.264 e. The number of nitrogens with two attached hydrogens (primary N) is 1. The molecule has 9 heteroatoms. The smallest absolute Gasteiger partial charge is 0.264 e. The molecule has 0 spiro atoms. The zero-order valence-corrected chi connectivity index (χ0v) is 20.5. The second-order valence-electron chi connectivity index (χ2n) is 9.43. The molecule has 2 aliphatic rings. The maximum absolute atomic E-state index is 13.1. The minimum Gasteiger partial charge on any atom is -0.399 e. The summed E-state index contributed by atoms with van der Waals surface area (Å²) in [5, 5.41) is 23.9. The van der Waals surface area contributed by atoms with Gasteiger partial charge in [-0.25, -0.2) is 0 Å². The van der Waals surface area contributed by atoms with Crippen LogP contribution in [0.1, 0.15) is 42.1 Å². The van der Waals surface area contributed by atoms with E-state index in [2.05, 4.69) is 5.32 Å². The largest absolute Gasteiger partial charge is 0.399 e. The number of likely N-dealkylation sites (tertiary alicyclic amines) is 1. The summed E-state index contributed by atoms with van der Waals surface area (Å²) < 4.78 is 0. The number of benzene rings is 2. The number of likely N-dealkylation sites (N-methyl/N-ethyl adjacent to an activating group) is 1. The monoisotopic (exact) mass is 492 g/mol. The van der Waals surface area contributed by atoms with Crippen LogP contribution in [0.15, 0.2) is 54.6 Å². The van der Waals surface area contributed by atoms with E-state index in [1.165, 1.54) is 4.90 Å². The molecule has 2 heterocycles. The number of rotatable bonds is 7. The molecule has 36 heavy (non-hydrogen) atoms. The van der Waals surface area contributed by atoms with Crippen molar-refractivity contribution in [3.05, 3.63) is 65.7 Å². The fraction of sp³-hybridized carbons (Fsp3) is 0.370. The lowest BCUT2D eigenvalue weighted by Gasteiger charge is -2.27. The topological polar surface area (TPSA) is 136 Å². The zero-order valence-electron chi connectivity index (χ0n) is 20.5. The van der Waals surface area contributed by atoms with Gasteiger partial charge in [-0.1, -0.05) is 19.1 Å². The van der Waals surface area contributed by atoms with Crippen molar-refractivity contribution < 1.29 is 24.6 Å². The predicted molar refractivity (Wildman–Crippen MR) is 137 cm³/mol. The Morgan fingerprint density at radius 3 is 2.67 bits per heavy atom. The van der Waals surface area contributed by atoms with Crippen LogP contribution in [0.25, 0.3) is 0 Å². The van der Waals surface area contributed by atoms with Crippen molar-refractivity contribution in [1.82, 2.24) is 4.90 Å². The highest BCUT2D eigenvalue weighted by molar-refractivity contribution is 6.08. The molecule has 4 rings (SSSR count). The number of carbonyl (C=O) groups excluding carboxylic acids is 3. The second-order valence-corrected chi connectivity index (χ2v) is 9.43. The van der Waals surface area contributed by atoms with E-state index in [1.54, 1.807) is 73.5 Å². The highest BCUT2D eigenvalue weighted by Gasteiger charge is 2.51. The SMILES string of the molecule is C[C@H](/C=C/CC(=O)N1CCC[C@H]1CO)[C@@]1(O)C(=O)N(C)c2ccc(NC(=O)c3ccc(N)cc3)cc21. The van der Waals surface area contributed by atoms with Crippen molar-refractivity contribution in [2.75, 3.05) is 36.1 Å². The molecule has 0 bridgehead atoms. The molecule has 0 radical (unpaired) electrons. The van der Waals surface area contributed by atoms with Gasteiger partial charge < -0.3 is 31.1 Å². The molecule has 5 N–H and O–H groups in total. The quantitative estimate of drug-likeness (QED) is 0.346. The Labute approximate surface area is 210 Å². The number of anilines is 3. The van der Waals surface area contributed by atoms with Gasteiger partial charge in [0.25, 0.3) is 11.8 Å². The van der Waals surface area contributed by atoms with E-state index in [0.29, 0.717) is 34.7 Å². The number of aliphatic hydroxyl groups excluding tert-OH is 1. The van der Waals surface area contributed by atoms with Gasteiger partial charge in [0.2, 0.25) is 5.91 Å². The van der Waals surface area contributed by atoms with E-state index in [1.807, 2.05) is 0 Å². The number of hydrogen-bond donors (Lipinski definition) is 4. The fourth-order valence-corrected chi connectivity index (χ4v) is 4.95. The first-order valence-corrected chi connectivity index (χ1v) is 12.1. The summed E-state index contributed by atoms with van der Waals surface area (Å²) >= 11 is 0. The minimum atomic E-state index is -1.85. The molecule has 0 aromatic heterocycles. The molecule has 9 nitrogen and oxygen atoms in total. The molecule has 1 fully saturated rings. The Balaban J connectivity index is 1.52. The fourth-order valence-electron chi connectivity index (χ4n) is 4.95. The number of hydrogen-bond acceptors (Lipinski definition) is 6. The van der Waals surface area contributed by atoms with Crippen molar-refractivity contribution in [2.24, 2.45) is 5.92 Å². The summed E-state index contributed by atoms with van der Waals surface area (Å²) in [5.74, 6) is -1.56. The molecule has 2 aromatic rings. The molecule has 2 aliphatic heterocycles. The Kier molecular flexibility index (Phi) is 7.14. The molecule has 2 aromatic carbocycles. The number of nitrogens with zero attached hydrogens (tertiary/aromatic N) is 2. The van der Waals surface area contributed by atoms with Crippen molar-refractivity contribution >= 4 is 34.8 Å². The lowest BCUT2D eigenvalue weighted by Crippen LogP contribution is -2.43. The molecular weight excluding hydrogens is 460 g/mol. The zero-order chi connectivity index (χ0) is 26.0. The van der Waals surface area contributed by atoms with E-state index in [9.17, 15) is 24.6 Å². The number of aliphatic hydroxyl groups is 2. The van der Waals surface area contributed by atoms with E-state index in [4.69, 9.17) is 5.73 Å². The van der Waals surface area contributed by atoms with Gasteiger partial charge in [0.15, 0.2) is 5.60 Å². The van der Waals surface area contributed by atoms with Crippen molar-refractivity contribution in [3.8, 4) is 0 Å². The van der Waals surface area contributed by atoms with Gasteiger partial charge in [0.1, 0.15) is 0 Å². The molecule has 1 saturated heterocycles. The number of fused-ring (bicyclic) bond motifs is 1. The second kappa shape index (κ2) is 10.1. The lowest BCUT2D eigenvalue weighted by atomic mass is 9.82. The first-order chi connectivity index (χ1) is 17.2. The van der Waals surface area contributed by atoms with Crippen molar-refractivity contribution in [2.45, 2.75) is 37.8 Å². The summed E-state index contributed by atoms with van der Waals surface area (Å²) in [7, 11) is 1.59. The number of carbonyl (C=O) groups is 3. The average Bonchev–Trinajstić information content (AvgIpc) is 3.43. The molecule has 3 atom stereocenters. The van der Waals surface area contributed by atoms with E-state index >= 15 is 0 Å². The average molecular weight is 493 g/mol. The van der Waals surface area contributed by atoms with Gasteiger partial charge in [-0.05, 0) is 55.3 Å². The third-order valence-corrected chi connectivity index (χ3v) is 7.11. The highest BCUT2D eigenvalue weighted by Crippen LogP contribution is 2.45. The van der Waals surface area contributed by atoms with Crippen LogP contribution in [-0.2, 0) is 15.2 Å². The summed E-state index contributed by atoms with van der Waals surface area (Å²) in [6.45, 7) is 2.28. The van der Waals surface area contributed by atoms with Gasteiger partial charge >= 0.3 is 0 Å². The number of nitrogens with one attached hydrogen (secondary N) is 1. The minimum absolute atomic E-state index is 0.0551. The molecular formula is C27H32N4O5. The summed E-state index contributed by atoms with van der Waals surface area (Å²) in [5.41, 5.74) is 6.18. The molecule has 190 valence electrons. The Bertz CT molecular complexity index is 1200. The standard InChI is InChI=1S/C27H32N4O5/c1-17(5-3-7-24(33)31-14-4-6-21(31)16-32)27(36)22-15-20(12-13-23(22)30(2)26(27)35)29-25(34)18-8-10-19(28)11-9-18/h3,5,8-13,15,17,21,32,36H,4,6-7,14,16,28H2,1-2H3,(H,29,34)/b5-3+/t17-,21+,27+/m1/s1. The first kappa shape index (κ1) is 25.4. The van der Waals surface area contributed by atoms with Gasteiger partial charge in [-0.15, -0.1) is 0 Å².